The van der Waals surface area contributed by atoms with Crippen molar-refractivity contribution >= 4 is 18.4 Å². The first kappa shape index (κ1) is 12.5. The second kappa shape index (κ2) is 6.15. The van der Waals surface area contributed by atoms with Crippen molar-refractivity contribution in [2.24, 2.45) is 0 Å². The number of amides is 2. The lowest BCUT2D eigenvalue weighted by atomic mass is 10.2. The van der Waals surface area contributed by atoms with Gasteiger partial charge in [-0.05, 0) is 13.0 Å². The smallest absolute Gasteiger partial charge is 0.317 e. The van der Waals surface area contributed by atoms with Crippen LogP contribution in [-0.2, 0) is 0 Å². The quantitative estimate of drug-likeness (QED) is 0.567. The maximum atomic E-state index is 11.7. The van der Waals surface area contributed by atoms with E-state index in [0.717, 1.165) is 45.7 Å². The minimum absolute atomic E-state index is 0. The highest BCUT2D eigenvalue weighted by Gasteiger charge is 2.21. The molecular formula is C9H19ClN4O. The molecule has 1 atom stereocenters. The summed E-state index contributed by atoms with van der Waals surface area (Å²) in [4.78, 5) is 13.6. The van der Waals surface area contributed by atoms with E-state index >= 15 is 0 Å². The van der Waals surface area contributed by atoms with Crippen molar-refractivity contribution in [2.75, 3.05) is 39.3 Å². The molecule has 2 amide bonds. The number of carbonyl (C=O) groups is 1. The Kier molecular flexibility index (Phi) is 5.14. The van der Waals surface area contributed by atoms with Gasteiger partial charge in [-0.3, -0.25) is 0 Å². The zero-order valence-electron chi connectivity index (χ0n) is 8.79. The summed E-state index contributed by atoms with van der Waals surface area (Å²) in [7, 11) is 0. The third-order valence-electron chi connectivity index (χ3n) is 2.79. The van der Waals surface area contributed by atoms with Crippen molar-refractivity contribution < 1.29 is 4.79 Å². The lowest BCUT2D eigenvalue weighted by molar-refractivity contribution is 0.187. The summed E-state index contributed by atoms with van der Waals surface area (Å²) in [5.41, 5.74) is 0. The number of nitrogens with zero attached hydrogens (tertiary/aromatic N) is 1. The Morgan fingerprint density at radius 2 is 1.93 bits per heavy atom. The number of piperazine rings is 1. The van der Waals surface area contributed by atoms with Crippen molar-refractivity contribution in [3.05, 3.63) is 0 Å². The minimum atomic E-state index is 0. The molecule has 0 radical (unpaired) electrons. The van der Waals surface area contributed by atoms with Crippen LogP contribution in [0.1, 0.15) is 6.42 Å². The number of hydrogen-bond donors (Lipinski definition) is 3. The summed E-state index contributed by atoms with van der Waals surface area (Å²) < 4.78 is 0. The Hall–Kier alpha value is -0.520. The highest BCUT2D eigenvalue weighted by Crippen LogP contribution is 1.99. The average Bonchev–Trinajstić information content (AvgIpc) is 2.72. The normalized spacial score (nSPS) is 25.9. The van der Waals surface area contributed by atoms with E-state index in [9.17, 15) is 4.79 Å². The second-order valence-corrected chi connectivity index (χ2v) is 3.88. The topological polar surface area (TPSA) is 56.4 Å². The molecule has 2 fully saturated rings. The predicted octanol–water partition coefficient (Wildman–Crippen LogP) is -0.615. The molecule has 2 heterocycles. The highest BCUT2D eigenvalue weighted by molar-refractivity contribution is 5.85. The van der Waals surface area contributed by atoms with E-state index in [1.807, 2.05) is 4.90 Å². The molecular weight excluding hydrogens is 216 g/mol. The number of nitrogens with one attached hydrogen (secondary N) is 3. The van der Waals surface area contributed by atoms with Gasteiger partial charge in [0, 0.05) is 38.8 Å². The molecule has 1 unspecified atom stereocenters. The Labute approximate surface area is 96.4 Å². The Balaban J connectivity index is 0.00000112. The summed E-state index contributed by atoms with van der Waals surface area (Å²) in [5, 5.41) is 9.51. The first-order valence-electron chi connectivity index (χ1n) is 5.33. The largest absolute Gasteiger partial charge is 0.334 e. The minimum Gasteiger partial charge on any atom is -0.334 e. The molecule has 88 valence electrons. The van der Waals surface area contributed by atoms with Crippen molar-refractivity contribution in [1.82, 2.24) is 20.9 Å². The van der Waals surface area contributed by atoms with Crippen LogP contribution < -0.4 is 16.0 Å². The van der Waals surface area contributed by atoms with Gasteiger partial charge in [0.05, 0.1) is 0 Å². The fraction of sp³-hybridized carbons (Fsp3) is 0.889. The van der Waals surface area contributed by atoms with Crippen molar-refractivity contribution in [1.29, 1.82) is 0 Å². The molecule has 6 heteroatoms. The van der Waals surface area contributed by atoms with Crippen LogP contribution in [0.2, 0.25) is 0 Å². The van der Waals surface area contributed by atoms with Crippen LogP contribution in [0, 0.1) is 0 Å². The summed E-state index contributed by atoms with van der Waals surface area (Å²) in [5.74, 6) is 0. The van der Waals surface area contributed by atoms with E-state index in [2.05, 4.69) is 16.0 Å². The fourth-order valence-corrected chi connectivity index (χ4v) is 1.91. The van der Waals surface area contributed by atoms with Crippen molar-refractivity contribution in [3.8, 4) is 0 Å². The first-order valence-corrected chi connectivity index (χ1v) is 5.33. The molecule has 0 bridgehead atoms. The summed E-state index contributed by atoms with van der Waals surface area (Å²) in [6.07, 6.45) is 1.05. The maximum Gasteiger partial charge on any atom is 0.317 e. The SMILES string of the molecule is Cl.O=C(NC1CCNC1)N1CCNCC1. The summed E-state index contributed by atoms with van der Waals surface area (Å²) >= 11 is 0. The van der Waals surface area contributed by atoms with E-state index in [1.165, 1.54) is 0 Å². The van der Waals surface area contributed by atoms with Crippen LogP contribution in [0.3, 0.4) is 0 Å². The van der Waals surface area contributed by atoms with Gasteiger partial charge >= 0.3 is 6.03 Å². The van der Waals surface area contributed by atoms with E-state index in [4.69, 9.17) is 0 Å². The van der Waals surface area contributed by atoms with Gasteiger partial charge in [0.25, 0.3) is 0 Å². The van der Waals surface area contributed by atoms with Gasteiger partial charge in [-0.15, -0.1) is 12.4 Å². The van der Waals surface area contributed by atoms with E-state index in [-0.39, 0.29) is 18.4 Å². The molecule has 2 rings (SSSR count). The third kappa shape index (κ3) is 3.52. The number of hydrogen-bond acceptors (Lipinski definition) is 3. The van der Waals surface area contributed by atoms with Gasteiger partial charge in [0.1, 0.15) is 0 Å². The number of halogens is 1. The molecule has 0 spiro atoms. The molecule has 2 saturated heterocycles. The molecule has 3 N–H and O–H groups in total. The number of carbonyl (C=O) groups excluding carboxylic acids is 1. The van der Waals surface area contributed by atoms with Crippen LogP contribution in [-0.4, -0.2) is 56.2 Å². The van der Waals surface area contributed by atoms with Gasteiger partial charge in [0.15, 0.2) is 0 Å². The van der Waals surface area contributed by atoms with E-state index < -0.39 is 0 Å². The number of urea groups is 1. The number of rotatable bonds is 1. The van der Waals surface area contributed by atoms with Crippen LogP contribution in [0.5, 0.6) is 0 Å². The van der Waals surface area contributed by atoms with E-state index in [0.29, 0.717) is 6.04 Å². The average molecular weight is 235 g/mol. The molecule has 15 heavy (non-hydrogen) atoms. The molecule has 5 nitrogen and oxygen atoms in total. The lowest BCUT2D eigenvalue weighted by Crippen LogP contribution is -2.52. The Morgan fingerprint density at radius 3 is 2.53 bits per heavy atom. The van der Waals surface area contributed by atoms with Crippen molar-refractivity contribution in [2.45, 2.75) is 12.5 Å². The highest BCUT2D eigenvalue weighted by atomic mass is 35.5. The predicted molar refractivity (Wildman–Crippen MR) is 61.5 cm³/mol. The monoisotopic (exact) mass is 234 g/mol. The second-order valence-electron chi connectivity index (χ2n) is 3.88. The van der Waals surface area contributed by atoms with Crippen LogP contribution in [0.15, 0.2) is 0 Å². The zero-order chi connectivity index (χ0) is 9.80. The van der Waals surface area contributed by atoms with Crippen LogP contribution in [0.25, 0.3) is 0 Å². The Morgan fingerprint density at radius 1 is 1.20 bits per heavy atom. The molecule has 0 aromatic rings. The molecule has 0 aliphatic carbocycles. The summed E-state index contributed by atoms with van der Waals surface area (Å²) in [6, 6.07) is 0.428. The van der Waals surface area contributed by atoms with Gasteiger partial charge in [0.2, 0.25) is 0 Å². The molecule has 0 saturated carbocycles. The molecule has 2 aliphatic rings. The van der Waals surface area contributed by atoms with Crippen LogP contribution in [0.4, 0.5) is 4.79 Å². The van der Waals surface area contributed by atoms with Gasteiger partial charge in [-0.25, -0.2) is 4.79 Å². The lowest BCUT2D eigenvalue weighted by Gasteiger charge is -2.28. The van der Waals surface area contributed by atoms with Gasteiger partial charge in [-0.2, -0.15) is 0 Å². The van der Waals surface area contributed by atoms with Crippen molar-refractivity contribution in [3.63, 3.8) is 0 Å². The Bertz CT molecular complexity index is 202. The standard InChI is InChI=1S/C9H18N4O.ClH/c14-9(12-8-1-2-11-7-8)13-5-3-10-4-6-13;/h8,10-11H,1-7H2,(H,12,14);1H. The molecule has 0 aromatic carbocycles. The van der Waals surface area contributed by atoms with E-state index in [1.54, 1.807) is 0 Å². The third-order valence-corrected chi connectivity index (χ3v) is 2.79. The maximum absolute atomic E-state index is 11.7. The summed E-state index contributed by atoms with van der Waals surface area (Å²) in [6.45, 7) is 5.41. The fourth-order valence-electron chi connectivity index (χ4n) is 1.91. The van der Waals surface area contributed by atoms with Gasteiger partial charge in [-0.1, -0.05) is 0 Å². The zero-order valence-corrected chi connectivity index (χ0v) is 9.61. The molecule has 0 aromatic heterocycles. The molecule has 2 aliphatic heterocycles. The van der Waals surface area contributed by atoms with Crippen LogP contribution >= 0.6 is 12.4 Å². The first-order chi connectivity index (χ1) is 6.86. The van der Waals surface area contributed by atoms with Gasteiger partial charge < -0.3 is 20.9 Å².